The second kappa shape index (κ2) is 5.84. The van der Waals surface area contributed by atoms with Gasteiger partial charge < -0.3 is 10.6 Å². The van der Waals surface area contributed by atoms with Crippen LogP contribution in [-0.4, -0.2) is 21.8 Å². The maximum Gasteiger partial charge on any atom is 0.266 e. The van der Waals surface area contributed by atoms with Crippen LogP contribution in [0.25, 0.3) is 0 Å². The molecule has 4 nitrogen and oxygen atoms in total. The van der Waals surface area contributed by atoms with Gasteiger partial charge in [-0.05, 0) is 25.5 Å². The average molecular weight is 275 g/mol. The smallest absolute Gasteiger partial charge is 0.266 e. The van der Waals surface area contributed by atoms with Crippen LogP contribution in [0.2, 0.25) is 0 Å². The van der Waals surface area contributed by atoms with E-state index in [9.17, 15) is 4.79 Å². The molecule has 2 N–H and O–H groups in total. The van der Waals surface area contributed by atoms with Gasteiger partial charge in [-0.15, -0.1) is 11.3 Å². The molecule has 2 aromatic rings. The van der Waals surface area contributed by atoms with Crippen molar-refractivity contribution in [1.82, 2.24) is 9.88 Å². The van der Waals surface area contributed by atoms with E-state index in [-0.39, 0.29) is 11.9 Å². The topological polar surface area (TPSA) is 59.2 Å². The molecular formula is C14H17N3OS. The van der Waals surface area contributed by atoms with E-state index >= 15 is 0 Å². The van der Waals surface area contributed by atoms with Crippen LogP contribution in [-0.2, 0) is 6.54 Å². The van der Waals surface area contributed by atoms with E-state index < -0.39 is 0 Å². The molecule has 0 unspecified atom stereocenters. The zero-order valence-electron chi connectivity index (χ0n) is 11.0. The summed E-state index contributed by atoms with van der Waals surface area (Å²) in [5.74, 6) is 0.000697. The van der Waals surface area contributed by atoms with E-state index in [1.165, 1.54) is 11.3 Å². The van der Waals surface area contributed by atoms with Crippen LogP contribution in [0, 0.1) is 0 Å². The van der Waals surface area contributed by atoms with Gasteiger partial charge in [0.05, 0.1) is 11.7 Å². The van der Waals surface area contributed by atoms with Gasteiger partial charge in [0.2, 0.25) is 0 Å². The van der Waals surface area contributed by atoms with Gasteiger partial charge in [-0.2, -0.15) is 0 Å². The Kier molecular flexibility index (Phi) is 4.16. The number of thiazole rings is 1. The summed E-state index contributed by atoms with van der Waals surface area (Å²) in [6, 6.07) is 7.73. The first-order valence-electron chi connectivity index (χ1n) is 6.12. The molecule has 0 aliphatic carbocycles. The Bertz CT molecular complexity index is 552. The summed E-state index contributed by atoms with van der Waals surface area (Å²) in [6.45, 7) is 4.51. The molecule has 1 aromatic carbocycles. The number of rotatable bonds is 4. The third kappa shape index (κ3) is 3.12. The van der Waals surface area contributed by atoms with Gasteiger partial charge in [0.15, 0.2) is 0 Å². The SMILES string of the molecule is CC(C)N(Cc1ccccc1N)C(=O)c1cncs1. The van der Waals surface area contributed by atoms with Crippen molar-refractivity contribution < 1.29 is 4.79 Å². The predicted octanol–water partition coefficient (Wildman–Crippen LogP) is 2.78. The Balaban J connectivity index is 2.22. The Morgan fingerprint density at radius 1 is 1.42 bits per heavy atom. The fraction of sp³-hybridized carbons (Fsp3) is 0.286. The van der Waals surface area contributed by atoms with Crippen molar-refractivity contribution in [2.75, 3.05) is 5.73 Å². The highest BCUT2D eigenvalue weighted by molar-refractivity contribution is 7.11. The lowest BCUT2D eigenvalue weighted by molar-refractivity contribution is 0.0695. The standard InChI is InChI=1S/C14H17N3OS/c1-10(2)17(14(18)13-7-16-9-19-13)8-11-5-3-4-6-12(11)15/h3-7,9-10H,8,15H2,1-2H3. The largest absolute Gasteiger partial charge is 0.398 e. The van der Waals surface area contributed by atoms with E-state index in [0.29, 0.717) is 17.1 Å². The molecule has 0 radical (unpaired) electrons. The van der Waals surface area contributed by atoms with Crippen molar-refractivity contribution in [1.29, 1.82) is 0 Å². The summed E-state index contributed by atoms with van der Waals surface area (Å²) in [4.78, 5) is 18.8. The minimum absolute atomic E-state index is 0.000697. The summed E-state index contributed by atoms with van der Waals surface area (Å²) in [6.07, 6.45) is 1.61. The van der Waals surface area contributed by atoms with Crippen LogP contribution >= 0.6 is 11.3 Å². The van der Waals surface area contributed by atoms with Crippen LogP contribution < -0.4 is 5.73 Å². The molecule has 0 bridgehead atoms. The Hall–Kier alpha value is -1.88. The minimum atomic E-state index is 0.000697. The zero-order valence-corrected chi connectivity index (χ0v) is 11.9. The number of hydrogen-bond donors (Lipinski definition) is 1. The van der Waals surface area contributed by atoms with E-state index in [0.717, 1.165) is 5.56 Å². The van der Waals surface area contributed by atoms with Gasteiger partial charge in [0, 0.05) is 18.3 Å². The molecule has 0 aliphatic heterocycles. The van der Waals surface area contributed by atoms with Gasteiger partial charge in [-0.3, -0.25) is 9.78 Å². The van der Waals surface area contributed by atoms with Crippen molar-refractivity contribution in [2.24, 2.45) is 0 Å². The lowest BCUT2D eigenvalue weighted by Crippen LogP contribution is -2.36. The number of aromatic nitrogens is 1. The molecule has 1 amide bonds. The fourth-order valence-corrected chi connectivity index (χ4v) is 2.39. The molecule has 0 atom stereocenters. The summed E-state index contributed by atoms with van der Waals surface area (Å²) < 4.78 is 0. The molecule has 0 aliphatic rings. The van der Waals surface area contributed by atoms with Crippen LogP contribution in [0.15, 0.2) is 36.0 Å². The van der Waals surface area contributed by atoms with Crippen molar-refractivity contribution in [3.8, 4) is 0 Å². The molecule has 1 heterocycles. The number of nitrogens with two attached hydrogens (primary N) is 1. The summed E-state index contributed by atoms with van der Waals surface area (Å²) >= 11 is 1.36. The van der Waals surface area contributed by atoms with Crippen LogP contribution in [0.1, 0.15) is 29.1 Å². The maximum absolute atomic E-state index is 12.4. The highest BCUT2D eigenvalue weighted by atomic mass is 32.1. The average Bonchev–Trinajstić information content (AvgIpc) is 2.90. The number of para-hydroxylation sites is 1. The second-order valence-corrected chi connectivity index (χ2v) is 5.48. The highest BCUT2D eigenvalue weighted by Gasteiger charge is 2.20. The van der Waals surface area contributed by atoms with Crippen LogP contribution in [0.3, 0.4) is 0 Å². The predicted molar refractivity (Wildman–Crippen MR) is 78.0 cm³/mol. The second-order valence-electron chi connectivity index (χ2n) is 4.59. The van der Waals surface area contributed by atoms with Crippen molar-refractivity contribution >= 4 is 22.9 Å². The van der Waals surface area contributed by atoms with Gasteiger partial charge >= 0.3 is 0 Å². The number of amides is 1. The number of carbonyl (C=O) groups is 1. The van der Waals surface area contributed by atoms with E-state index in [1.807, 2.05) is 38.1 Å². The fourth-order valence-electron chi connectivity index (χ4n) is 1.81. The molecule has 0 saturated carbocycles. The Labute approximate surface area is 116 Å². The van der Waals surface area contributed by atoms with Gasteiger partial charge in [-0.1, -0.05) is 18.2 Å². The molecular weight excluding hydrogens is 258 g/mol. The monoisotopic (exact) mass is 275 g/mol. The first-order valence-corrected chi connectivity index (χ1v) is 7.00. The van der Waals surface area contributed by atoms with E-state index in [2.05, 4.69) is 4.98 Å². The number of anilines is 1. The lowest BCUT2D eigenvalue weighted by Gasteiger charge is -2.26. The molecule has 5 heteroatoms. The number of nitrogen functional groups attached to an aromatic ring is 1. The van der Waals surface area contributed by atoms with Crippen molar-refractivity contribution in [3.63, 3.8) is 0 Å². The number of carbonyl (C=O) groups excluding carboxylic acids is 1. The Morgan fingerprint density at radius 3 is 2.74 bits per heavy atom. The molecule has 1 aromatic heterocycles. The molecule has 2 rings (SSSR count). The van der Waals surface area contributed by atoms with Crippen LogP contribution in [0.5, 0.6) is 0 Å². The van der Waals surface area contributed by atoms with Crippen LogP contribution in [0.4, 0.5) is 5.69 Å². The summed E-state index contributed by atoms with van der Waals surface area (Å²) in [7, 11) is 0. The summed E-state index contributed by atoms with van der Waals surface area (Å²) in [5.41, 5.74) is 9.29. The number of benzene rings is 1. The molecule has 0 saturated heterocycles. The number of nitrogens with zero attached hydrogens (tertiary/aromatic N) is 2. The minimum Gasteiger partial charge on any atom is -0.398 e. The molecule has 19 heavy (non-hydrogen) atoms. The summed E-state index contributed by atoms with van der Waals surface area (Å²) in [5, 5.41) is 0. The first-order chi connectivity index (χ1) is 9.09. The Morgan fingerprint density at radius 2 is 2.16 bits per heavy atom. The highest BCUT2D eigenvalue weighted by Crippen LogP contribution is 2.18. The lowest BCUT2D eigenvalue weighted by atomic mass is 10.1. The van der Waals surface area contributed by atoms with Gasteiger partial charge in [0.25, 0.3) is 5.91 Å². The third-order valence-corrected chi connectivity index (χ3v) is 3.68. The molecule has 0 fully saturated rings. The normalized spacial score (nSPS) is 10.7. The van der Waals surface area contributed by atoms with Gasteiger partial charge in [-0.25, -0.2) is 0 Å². The third-order valence-electron chi connectivity index (χ3n) is 2.92. The first kappa shape index (κ1) is 13.5. The zero-order chi connectivity index (χ0) is 13.8. The van der Waals surface area contributed by atoms with E-state index in [4.69, 9.17) is 5.73 Å². The number of hydrogen-bond acceptors (Lipinski definition) is 4. The quantitative estimate of drug-likeness (QED) is 0.873. The molecule has 0 spiro atoms. The van der Waals surface area contributed by atoms with Crippen molar-refractivity contribution in [2.45, 2.75) is 26.4 Å². The maximum atomic E-state index is 12.4. The van der Waals surface area contributed by atoms with E-state index in [1.54, 1.807) is 16.6 Å². The van der Waals surface area contributed by atoms with Crippen molar-refractivity contribution in [3.05, 3.63) is 46.4 Å². The molecule has 100 valence electrons. The van der Waals surface area contributed by atoms with Gasteiger partial charge in [0.1, 0.15) is 4.88 Å².